The lowest BCUT2D eigenvalue weighted by atomic mass is 10.0. The van der Waals surface area contributed by atoms with Crippen molar-refractivity contribution in [2.24, 2.45) is 0 Å². The molecule has 0 saturated carbocycles. The lowest BCUT2D eigenvalue weighted by Gasteiger charge is -2.27. The molecule has 0 spiro atoms. The van der Waals surface area contributed by atoms with E-state index in [2.05, 4.69) is 4.90 Å². The number of aliphatic hydroxyl groups excluding tert-OH is 1. The lowest BCUT2D eigenvalue weighted by Crippen LogP contribution is -2.39. The first-order valence-electron chi connectivity index (χ1n) is 11.9. The van der Waals surface area contributed by atoms with Gasteiger partial charge in [-0.25, -0.2) is 4.79 Å². The van der Waals surface area contributed by atoms with Crippen LogP contribution in [0, 0.1) is 0 Å². The smallest absolute Gasteiger partial charge is 0.330 e. The highest BCUT2D eigenvalue weighted by molar-refractivity contribution is 6.42. The normalized spacial score (nSPS) is 18.2. The first-order valence-corrected chi connectivity index (χ1v) is 13.0. The molecule has 35 heavy (non-hydrogen) atoms. The van der Waals surface area contributed by atoms with Crippen molar-refractivity contribution in [1.29, 1.82) is 0 Å². The van der Waals surface area contributed by atoms with E-state index in [0.717, 1.165) is 42.5 Å². The predicted molar refractivity (Wildman–Crippen MR) is 142 cm³/mol. The lowest BCUT2D eigenvalue weighted by molar-refractivity contribution is -0.137. The molecule has 0 aromatic heterocycles. The highest BCUT2D eigenvalue weighted by Gasteiger charge is 2.27. The van der Waals surface area contributed by atoms with Crippen LogP contribution in [0.5, 0.6) is 0 Å². The third-order valence-corrected chi connectivity index (χ3v) is 7.08. The molecule has 3 rings (SSSR count). The molecule has 2 aromatic rings. The molecule has 0 aliphatic carbocycles. The first kappa shape index (κ1) is 28.0. The number of hydrogen-bond acceptors (Lipinski definition) is 5. The topological polar surface area (TPSA) is 59.0 Å². The van der Waals surface area contributed by atoms with Crippen molar-refractivity contribution in [1.82, 2.24) is 4.90 Å². The van der Waals surface area contributed by atoms with Crippen LogP contribution in [0.3, 0.4) is 0 Å². The van der Waals surface area contributed by atoms with Gasteiger partial charge in [-0.2, -0.15) is 0 Å². The summed E-state index contributed by atoms with van der Waals surface area (Å²) in [6.07, 6.45) is 5.16. The Labute approximate surface area is 222 Å². The molecule has 1 saturated heterocycles. The van der Waals surface area contributed by atoms with Gasteiger partial charge in [-0.1, -0.05) is 46.9 Å². The standard InChI is InChI=1S/C27H32Cl3NO4/c1-3-34-27(33)11-7-20-15-21(28)8-9-24(20)18(2)35-17-23(32)16-31-12-4-5-22(31)13-19-6-10-25(29)26(30)14-19/h6-11,14-15,18,22-23,32H,3-5,12-13,16-17H2,1-2H3/b11-7+/t18-,22+,23-/m1/s1. The summed E-state index contributed by atoms with van der Waals surface area (Å²) in [5.74, 6) is -0.413. The summed E-state index contributed by atoms with van der Waals surface area (Å²) in [6.45, 7) is 5.67. The fourth-order valence-corrected chi connectivity index (χ4v) is 4.88. The molecule has 0 radical (unpaired) electrons. The Hall–Kier alpha value is -1.60. The van der Waals surface area contributed by atoms with Gasteiger partial charge in [0.1, 0.15) is 0 Å². The summed E-state index contributed by atoms with van der Waals surface area (Å²) in [5.41, 5.74) is 2.79. The second kappa shape index (κ2) is 13.6. The summed E-state index contributed by atoms with van der Waals surface area (Å²) in [6, 6.07) is 11.5. The maximum absolute atomic E-state index is 11.7. The first-order chi connectivity index (χ1) is 16.8. The van der Waals surface area contributed by atoms with E-state index in [-0.39, 0.29) is 12.7 Å². The number of nitrogens with zero attached hydrogens (tertiary/aromatic N) is 1. The molecule has 1 aliphatic heterocycles. The van der Waals surface area contributed by atoms with Gasteiger partial charge in [0, 0.05) is 23.7 Å². The second-order valence-electron chi connectivity index (χ2n) is 8.73. The van der Waals surface area contributed by atoms with Crippen LogP contribution in [0.2, 0.25) is 15.1 Å². The van der Waals surface area contributed by atoms with E-state index in [1.54, 1.807) is 25.1 Å². The van der Waals surface area contributed by atoms with E-state index in [1.807, 2.05) is 31.2 Å². The molecule has 2 aromatic carbocycles. The van der Waals surface area contributed by atoms with Crippen molar-refractivity contribution >= 4 is 46.8 Å². The molecule has 1 heterocycles. The Bertz CT molecular complexity index is 1030. The number of carbonyl (C=O) groups is 1. The Morgan fingerprint density at radius 3 is 2.74 bits per heavy atom. The van der Waals surface area contributed by atoms with Gasteiger partial charge in [-0.3, -0.25) is 4.90 Å². The van der Waals surface area contributed by atoms with Crippen LogP contribution in [0.4, 0.5) is 0 Å². The summed E-state index contributed by atoms with van der Waals surface area (Å²) < 4.78 is 11.0. The van der Waals surface area contributed by atoms with Crippen molar-refractivity contribution in [3.05, 3.63) is 74.2 Å². The molecule has 5 nitrogen and oxygen atoms in total. The highest BCUT2D eigenvalue weighted by Crippen LogP contribution is 2.28. The molecule has 1 aliphatic rings. The van der Waals surface area contributed by atoms with Crippen LogP contribution in [0.1, 0.15) is 49.5 Å². The van der Waals surface area contributed by atoms with Gasteiger partial charge in [0.25, 0.3) is 0 Å². The van der Waals surface area contributed by atoms with Crippen molar-refractivity contribution in [3.8, 4) is 0 Å². The van der Waals surface area contributed by atoms with Gasteiger partial charge < -0.3 is 14.6 Å². The molecule has 0 unspecified atom stereocenters. The number of ether oxygens (including phenoxy) is 2. The van der Waals surface area contributed by atoms with Crippen LogP contribution in [0.25, 0.3) is 6.08 Å². The second-order valence-corrected chi connectivity index (χ2v) is 9.98. The van der Waals surface area contributed by atoms with Gasteiger partial charge >= 0.3 is 5.97 Å². The van der Waals surface area contributed by atoms with Gasteiger partial charge in [-0.05, 0) is 86.7 Å². The van der Waals surface area contributed by atoms with Crippen LogP contribution >= 0.6 is 34.8 Å². The summed E-state index contributed by atoms with van der Waals surface area (Å²) in [7, 11) is 0. The Morgan fingerprint density at radius 2 is 2.00 bits per heavy atom. The van der Waals surface area contributed by atoms with Gasteiger partial charge in [0.2, 0.25) is 0 Å². The van der Waals surface area contributed by atoms with Crippen LogP contribution in [-0.2, 0) is 20.7 Å². The van der Waals surface area contributed by atoms with Gasteiger partial charge in [0.05, 0.1) is 35.5 Å². The zero-order valence-electron chi connectivity index (χ0n) is 20.1. The minimum absolute atomic E-state index is 0.195. The molecule has 1 N–H and O–H groups in total. The number of halogens is 3. The number of benzene rings is 2. The maximum Gasteiger partial charge on any atom is 0.330 e. The third-order valence-electron chi connectivity index (χ3n) is 6.11. The van der Waals surface area contributed by atoms with E-state index in [9.17, 15) is 9.90 Å². The predicted octanol–water partition coefficient (Wildman–Crippen LogP) is 6.37. The SMILES string of the molecule is CCOC(=O)/C=C/c1cc(Cl)ccc1[C@@H](C)OC[C@H](O)CN1CCC[C@H]1Cc1ccc(Cl)c(Cl)c1. The molecular weight excluding hydrogens is 509 g/mol. The number of hydrogen-bond donors (Lipinski definition) is 1. The number of β-amino-alcohol motifs (C(OH)–C–C–N with tert-alkyl or cyclic N) is 1. The van der Waals surface area contributed by atoms with E-state index < -0.39 is 12.1 Å². The van der Waals surface area contributed by atoms with E-state index in [4.69, 9.17) is 44.3 Å². The van der Waals surface area contributed by atoms with E-state index in [1.165, 1.54) is 6.08 Å². The van der Waals surface area contributed by atoms with Gasteiger partial charge in [-0.15, -0.1) is 0 Å². The zero-order chi connectivity index (χ0) is 25.4. The van der Waals surface area contributed by atoms with Crippen LogP contribution < -0.4 is 0 Å². The van der Waals surface area contributed by atoms with Crippen LogP contribution in [-0.4, -0.2) is 54.4 Å². The third kappa shape index (κ3) is 8.49. The molecule has 0 amide bonds. The number of carbonyl (C=O) groups excluding carboxylic acids is 1. The van der Waals surface area contributed by atoms with Crippen molar-refractivity contribution < 1.29 is 19.4 Å². The molecule has 3 atom stereocenters. The average Bonchev–Trinajstić information content (AvgIpc) is 3.25. The zero-order valence-corrected chi connectivity index (χ0v) is 22.3. The molecule has 190 valence electrons. The van der Waals surface area contributed by atoms with Gasteiger partial charge in [0.15, 0.2) is 0 Å². The largest absolute Gasteiger partial charge is 0.463 e. The minimum atomic E-state index is -0.627. The Balaban J connectivity index is 1.55. The summed E-state index contributed by atoms with van der Waals surface area (Å²) in [5, 5.41) is 12.4. The monoisotopic (exact) mass is 539 g/mol. The quantitative estimate of drug-likeness (QED) is 0.265. The Morgan fingerprint density at radius 1 is 1.20 bits per heavy atom. The number of esters is 1. The fraction of sp³-hybridized carbons (Fsp3) is 0.444. The average molecular weight is 541 g/mol. The van der Waals surface area contributed by atoms with E-state index in [0.29, 0.717) is 34.3 Å². The van der Waals surface area contributed by atoms with Crippen molar-refractivity contribution in [2.75, 3.05) is 26.3 Å². The maximum atomic E-state index is 11.7. The Kier molecular flexibility index (Phi) is 10.9. The fourth-order valence-electron chi connectivity index (χ4n) is 4.38. The van der Waals surface area contributed by atoms with Crippen molar-refractivity contribution in [3.63, 3.8) is 0 Å². The molecular formula is C27H32Cl3NO4. The number of rotatable bonds is 11. The molecule has 8 heteroatoms. The highest BCUT2D eigenvalue weighted by atomic mass is 35.5. The van der Waals surface area contributed by atoms with Crippen molar-refractivity contribution in [2.45, 2.75) is 51.4 Å². The number of aliphatic hydroxyl groups is 1. The summed E-state index contributed by atoms with van der Waals surface area (Å²) >= 11 is 18.4. The summed E-state index contributed by atoms with van der Waals surface area (Å²) in [4.78, 5) is 14.0. The van der Waals surface area contributed by atoms with Crippen LogP contribution in [0.15, 0.2) is 42.5 Å². The number of likely N-dealkylation sites (tertiary alicyclic amines) is 1. The molecule has 1 fully saturated rings. The minimum Gasteiger partial charge on any atom is -0.463 e. The van der Waals surface area contributed by atoms with E-state index >= 15 is 0 Å². The molecule has 0 bridgehead atoms.